The van der Waals surface area contributed by atoms with Crippen molar-refractivity contribution in [3.8, 4) is 0 Å². The van der Waals surface area contributed by atoms with Gasteiger partial charge in [-0.2, -0.15) is 5.10 Å². The zero-order chi connectivity index (χ0) is 9.42. The highest BCUT2D eigenvalue weighted by molar-refractivity contribution is 6.60. The lowest BCUT2D eigenvalue weighted by Crippen LogP contribution is -2.32. The fourth-order valence-electron chi connectivity index (χ4n) is 1.43. The molecule has 0 aliphatic heterocycles. The van der Waals surface area contributed by atoms with Crippen LogP contribution in [0.5, 0.6) is 0 Å². The van der Waals surface area contributed by atoms with Crippen LogP contribution in [0, 0.1) is 0 Å². The third-order valence-electron chi connectivity index (χ3n) is 2.03. The Labute approximate surface area is 75.6 Å². The molecular formula is C8H9BN2O2. The van der Waals surface area contributed by atoms with Gasteiger partial charge in [-0.05, 0) is 6.07 Å². The predicted octanol–water partition coefficient (Wildman–Crippen LogP) is -0.747. The number of hydrogen-bond acceptors (Lipinski definition) is 3. The molecular weight excluding hydrogens is 167 g/mol. The molecule has 4 nitrogen and oxygen atoms in total. The van der Waals surface area contributed by atoms with Gasteiger partial charge in [0.1, 0.15) is 5.59 Å². The van der Waals surface area contributed by atoms with Gasteiger partial charge in [-0.25, -0.2) is 0 Å². The molecule has 2 N–H and O–H groups in total. The van der Waals surface area contributed by atoms with Crippen LogP contribution in [0.15, 0.2) is 24.3 Å². The number of para-hydroxylation sites is 1. The number of fused-ring (bicyclic) bond motifs is 1. The number of aromatic nitrogens is 2. The van der Waals surface area contributed by atoms with Crippen LogP contribution in [-0.4, -0.2) is 26.9 Å². The quantitative estimate of drug-likeness (QED) is 0.562. The Morgan fingerprint density at radius 1 is 1.31 bits per heavy atom. The summed E-state index contributed by atoms with van der Waals surface area (Å²) >= 11 is 0. The number of benzene rings is 1. The lowest BCUT2D eigenvalue weighted by molar-refractivity contribution is 0.424. The molecule has 0 fully saturated rings. The second-order valence-corrected chi connectivity index (χ2v) is 2.90. The first-order valence-corrected chi connectivity index (χ1v) is 3.98. The van der Waals surface area contributed by atoms with Gasteiger partial charge in [0.15, 0.2) is 0 Å². The summed E-state index contributed by atoms with van der Waals surface area (Å²) < 4.78 is 1.63. The topological polar surface area (TPSA) is 58.3 Å². The molecule has 0 saturated heterocycles. The van der Waals surface area contributed by atoms with Crippen molar-refractivity contribution in [1.82, 2.24) is 9.78 Å². The van der Waals surface area contributed by atoms with E-state index in [0.717, 1.165) is 10.9 Å². The van der Waals surface area contributed by atoms with Crippen LogP contribution in [0.25, 0.3) is 10.9 Å². The van der Waals surface area contributed by atoms with E-state index in [4.69, 9.17) is 10.0 Å². The van der Waals surface area contributed by atoms with Gasteiger partial charge in [0.25, 0.3) is 0 Å². The molecule has 1 heterocycles. The highest BCUT2D eigenvalue weighted by atomic mass is 16.4. The molecule has 0 aliphatic rings. The first kappa shape index (κ1) is 8.28. The van der Waals surface area contributed by atoms with Gasteiger partial charge in [-0.15, -0.1) is 0 Å². The van der Waals surface area contributed by atoms with Crippen LogP contribution in [0.3, 0.4) is 0 Å². The molecule has 0 radical (unpaired) electrons. The van der Waals surface area contributed by atoms with E-state index in [9.17, 15) is 0 Å². The molecule has 0 saturated carbocycles. The summed E-state index contributed by atoms with van der Waals surface area (Å²) in [5.41, 5.74) is 1.20. The maximum Gasteiger partial charge on any atom is 0.510 e. The summed E-state index contributed by atoms with van der Waals surface area (Å²) in [6.45, 7) is 0. The van der Waals surface area contributed by atoms with E-state index in [0.29, 0.717) is 5.59 Å². The van der Waals surface area contributed by atoms with E-state index < -0.39 is 7.12 Å². The Morgan fingerprint density at radius 3 is 2.69 bits per heavy atom. The van der Waals surface area contributed by atoms with Crippen LogP contribution >= 0.6 is 0 Å². The van der Waals surface area contributed by atoms with Gasteiger partial charge < -0.3 is 10.0 Å². The number of rotatable bonds is 1. The molecule has 2 aromatic rings. The van der Waals surface area contributed by atoms with Crippen molar-refractivity contribution in [2.45, 2.75) is 0 Å². The highest BCUT2D eigenvalue weighted by Crippen LogP contribution is 2.09. The van der Waals surface area contributed by atoms with Crippen molar-refractivity contribution in [3.05, 3.63) is 24.3 Å². The largest absolute Gasteiger partial charge is 0.510 e. The van der Waals surface area contributed by atoms with E-state index in [-0.39, 0.29) is 0 Å². The van der Waals surface area contributed by atoms with Crippen molar-refractivity contribution in [1.29, 1.82) is 0 Å². The lowest BCUT2D eigenvalue weighted by Gasteiger charge is -1.92. The molecule has 0 aliphatic carbocycles. The third kappa shape index (κ3) is 1.22. The van der Waals surface area contributed by atoms with Crippen molar-refractivity contribution in [2.24, 2.45) is 7.05 Å². The summed E-state index contributed by atoms with van der Waals surface area (Å²) in [5, 5.41) is 22.8. The molecule has 0 unspecified atom stereocenters. The third-order valence-corrected chi connectivity index (χ3v) is 2.03. The first-order chi connectivity index (χ1) is 6.20. The zero-order valence-electron chi connectivity index (χ0n) is 7.18. The van der Waals surface area contributed by atoms with Gasteiger partial charge in [-0.1, -0.05) is 18.2 Å². The summed E-state index contributed by atoms with van der Waals surface area (Å²) in [4.78, 5) is 0. The zero-order valence-corrected chi connectivity index (χ0v) is 7.18. The highest BCUT2D eigenvalue weighted by Gasteiger charge is 2.19. The predicted molar refractivity (Wildman–Crippen MR) is 50.5 cm³/mol. The van der Waals surface area contributed by atoms with Crippen molar-refractivity contribution in [2.75, 3.05) is 0 Å². The summed E-state index contributed by atoms with van der Waals surface area (Å²) in [6, 6.07) is 7.43. The monoisotopic (exact) mass is 176 g/mol. The van der Waals surface area contributed by atoms with Gasteiger partial charge in [0, 0.05) is 12.4 Å². The molecule has 0 spiro atoms. The Kier molecular flexibility index (Phi) is 1.83. The van der Waals surface area contributed by atoms with E-state index in [1.165, 1.54) is 0 Å². The van der Waals surface area contributed by atoms with Gasteiger partial charge in [0.05, 0.1) is 5.52 Å². The van der Waals surface area contributed by atoms with E-state index >= 15 is 0 Å². The van der Waals surface area contributed by atoms with Crippen LogP contribution in [0.2, 0.25) is 0 Å². The second kappa shape index (κ2) is 2.87. The molecule has 66 valence electrons. The minimum atomic E-state index is -1.51. The molecule has 1 aromatic carbocycles. The van der Waals surface area contributed by atoms with Gasteiger partial charge in [0.2, 0.25) is 0 Å². The van der Waals surface area contributed by atoms with E-state index in [1.807, 2.05) is 24.3 Å². The average molecular weight is 176 g/mol. The van der Waals surface area contributed by atoms with E-state index in [1.54, 1.807) is 11.7 Å². The van der Waals surface area contributed by atoms with E-state index in [2.05, 4.69) is 5.10 Å². The lowest BCUT2D eigenvalue weighted by atomic mass is 9.84. The molecule has 0 atom stereocenters. The summed E-state index contributed by atoms with van der Waals surface area (Å²) in [5.74, 6) is 0. The van der Waals surface area contributed by atoms with Crippen LogP contribution < -0.4 is 5.59 Å². The maximum atomic E-state index is 9.01. The van der Waals surface area contributed by atoms with Gasteiger partial charge in [-0.3, -0.25) is 4.68 Å². The van der Waals surface area contributed by atoms with Gasteiger partial charge >= 0.3 is 7.12 Å². The molecule has 2 rings (SSSR count). The molecule has 0 bridgehead atoms. The maximum absolute atomic E-state index is 9.01. The number of aryl methyl sites for hydroxylation is 1. The minimum absolute atomic E-state index is 0.304. The number of nitrogens with zero attached hydrogens (tertiary/aromatic N) is 2. The smallest absolute Gasteiger partial charge is 0.422 e. The second-order valence-electron chi connectivity index (χ2n) is 2.90. The first-order valence-electron chi connectivity index (χ1n) is 3.98. The SMILES string of the molecule is Cn1nc(B(O)O)c2ccccc21. The average Bonchev–Trinajstić information content (AvgIpc) is 2.45. The Bertz CT molecular complexity index is 439. The number of hydrogen-bond donors (Lipinski definition) is 2. The Balaban J connectivity index is 2.78. The minimum Gasteiger partial charge on any atom is -0.422 e. The fourth-order valence-corrected chi connectivity index (χ4v) is 1.43. The Morgan fingerprint density at radius 2 is 2.00 bits per heavy atom. The van der Waals surface area contributed by atoms with Crippen molar-refractivity contribution < 1.29 is 10.0 Å². The molecule has 13 heavy (non-hydrogen) atoms. The van der Waals surface area contributed by atoms with Crippen molar-refractivity contribution >= 4 is 23.6 Å². The standard InChI is InChI=1S/C8H9BN2O2/c1-11-7-5-3-2-4-6(7)8(10-11)9(12)13/h2-5,12-13H,1H3. The van der Waals surface area contributed by atoms with Crippen molar-refractivity contribution in [3.63, 3.8) is 0 Å². The Hall–Kier alpha value is -1.33. The summed E-state index contributed by atoms with van der Waals surface area (Å²) in [7, 11) is 0.264. The molecule has 1 aromatic heterocycles. The summed E-state index contributed by atoms with van der Waals surface area (Å²) in [6.07, 6.45) is 0. The molecule has 5 heteroatoms. The molecule has 0 amide bonds. The normalized spacial score (nSPS) is 10.7. The van der Waals surface area contributed by atoms with Crippen LogP contribution in [0.1, 0.15) is 0 Å². The fraction of sp³-hybridized carbons (Fsp3) is 0.125. The van der Waals surface area contributed by atoms with Crippen LogP contribution in [-0.2, 0) is 7.05 Å². The van der Waals surface area contributed by atoms with Crippen LogP contribution in [0.4, 0.5) is 0 Å².